The number of hydrogen-bond acceptors (Lipinski definition) is 3. The van der Waals surface area contributed by atoms with E-state index in [0.29, 0.717) is 12.3 Å². The molecule has 0 atom stereocenters. The zero-order valence-corrected chi connectivity index (χ0v) is 15.5. The van der Waals surface area contributed by atoms with Crippen LogP contribution in [-0.4, -0.2) is 55.5 Å². The Labute approximate surface area is 152 Å². The highest BCUT2D eigenvalue weighted by Gasteiger charge is 2.18. The monoisotopic (exact) mass is 361 g/mol. The zero-order valence-electron chi connectivity index (χ0n) is 13.9. The molecule has 4 nitrogen and oxygen atoms in total. The van der Waals surface area contributed by atoms with Gasteiger partial charge in [-0.25, -0.2) is 0 Å². The zero-order chi connectivity index (χ0) is 14.9. The lowest BCUT2D eigenvalue weighted by Gasteiger charge is -2.22. The van der Waals surface area contributed by atoms with Crippen LogP contribution in [-0.2, 0) is 11.3 Å². The maximum Gasteiger partial charge on any atom is 0.222 e. The molecule has 0 spiro atoms. The summed E-state index contributed by atoms with van der Waals surface area (Å²) in [6, 6.07) is 10.6. The van der Waals surface area contributed by atoms with Crippen molar-refractivity contribution in [1.82, 2.24) is 15.1 Å². The van der Waals surface area contributed by atoms with Crippen LogP contribution in [0.15, 0.2) is 30.3 Å². The number of rotatable bonds is 6. The number of benzene rings is 1. The minimum Gasteiger partial charge on any atom is -0.341 e. The van der Waals surface area contributed by atoms with Crippen LogP contribution >= 0.6 is 24.8 Å². The van der Waals surface area contributed by atoms with Crippen molar-refractivity contribution in [2.75, 3.05) is 39.8 Å². The first-order valence-corrected chi connectivity index (χ1v) is 7.98. The molecule has 23 heavy (non-hydrogen) atoms. The topological polar surface area (TPSA) is 35.6 Å². The van der Waals surface area contributed by atoms with Crippen LogP contribution in [0, 0.1) is 0 Å². The summed E-state index contributed by atoms with van der Waals surface area (Å²) < 4.78 is 0. The van der Waals surface area contributed by atoms with Gasteiger partial charge in [0.2, 0.25) is 5.91 Å². The molecule has 1 amide bonds. The molecule has 0 aromatic heterocycles. The highest BCUT2D eigenvalue weighted by atomic mass is 35.5. The lowest BCUT2D eigenvalue weighted by atomic mass is 10.2. The van der Waals surface area contributed by atoms with E-state index in [1.54, 1.807) is 0 Å². The minimum atomic E-state index is 0. The van der Waals surface area contributed by atoms with Crippen molar-refractivity contribution < 1.29 is 4.79 Å². The molecule has 1 fully saturated rings. The number of amides is 1. The molecule has 0 saturated carbocycles. The SMILES string of the molecule is CNCCCC(=O)N1CCCN(Cc2ccccc2)CC1.Cl.Cl. The fourth-order valence-electron chi connectivity index (χ4n) is 2.79. The molecule has 0 radical (unpaired) electrons. The average molecular weight is 362 g/mol. The van der Waals surface area contributed by atoms with Crippen molar-refractivity contribution in [1.29, 1.82) is 0 Å². The second kappa shape index (κ2) is 12.6. The predicted molar refractivity (Wildman–Crippen MR) is 101 cm³/mol. The smallest absolute Gasteiger partial charge is 0.222 e. The highest BCUT2D eigenvalue weighted by molar-refractivity contribution is 5.85. The van der Waals surface area contributed by atoms with Crippen molar-refractivity contribution in [3.63, 3.8) is 0 Å². The summed E-state index contributed by atoms with van der Waals surface area (Å²) in [5, 5.41) is 3.09. The molecule has 1 aliphatic heterocycles. The molecule has 1 aromatic rings. The lowest BCUT2D eigenvalue weighted by molar-refractivity contribution is -0.131. The summed E-state index contributed by atoms with van der Waals surface area (Å²) in [7, 11) is 1.93. The van der Waals surface area contributed by atoms with Crippen LogP contribution in [0.2, 0.25) is 0 Å². The van der Waals surface area contributed by atoms with Crippen LogP contribution in [0.5, 0.6) is 0 Å². The second-order valence-corrected chi connectivity index (χ2v) is 5.70. The molecule has 1 heterocycles. The van der Waals surface area contributed by atoms with Crippen molar-refractivity contribution in [3.8, 4) is 0 Å². The lowest BCUT2D eigenvalue weighted by Crippen LogP contribution is -2.35. The number of nitrogens with one attached hydrogen (secondary N) is 1. The summed E-state index contributed by atoms with van der Waals surface area (Å²) in [4.78, 5) is 16.7. The van der Waals surface area contributed by atoms with Gasteiger partial charge >= 0.3 is 0 Å². The second-order valence-electron chi connectivity index (χ2n) is 5.70. The molecule has 6 heteroatoms. The van der Waals surface area contributed by atoms with E-state index in [9.17, 15) is 4.79 Å². The third kappa shape index (κ3) is 8.02. The number of hydrogen-bond donors (Lipinski definition) is 1. The van der Waals surface area contributed by atoms with E-state index in [2.05, 4.69) is 40.5 Å². The molecule has 1 aromatic carbocycles. The van der Waals surface area contributed by atoms with E-state index >= 15 is 0 Å². The number of carbonyl (C=O) groups excluding carboxylic acids is 1. The highest BCUT2D eigenvalue weighted by Crippen LogP contribution is 2.10. The average Bonchev–Trinajstić information content (AvgIpc) is 2.74. The Balaban J connectivity index is 0.00000242. The molecular formula is C17H29Cl2N3O. The Hall–Kier alpha value is -0.810. The maximum absolute atomic E-state index is 12.2. The number of carbonyl (C=O) groups is 1. The van der Waals surface area contributed by atoms with Gasteiger partial charge in [0.1, 0.15) is 0 Å². The van der Waals surface area contributed by atoms with Gasteiger partial charge in [-0.05, 0) is 32.0 Å². The summed E-state index contributed by atoms with van der Waals surface area (Å²) in [6.45, 7) is 5.74. The minimum absolute atomic E-state index is 0. The van der Waals surface area contributed by atoms with Gasteiger partial charge in [0.25, 0.3) is 0 Å². The molecule has 1 aliphatic rings. The van der Waals surface area contributed by atoms with Gasteiger partial charge < -0.3 is 10.2 Å². The van der Waals surface area contributed by atoms with Crippen molar-refractivity contribution in [3.05, 3.63) is 35.9 Å². The molecular weight excluding hydrogens is 333 g/mol. The molecule has 0 unspecified atom stereocenters. The maximum atomic E-state index is 12.2. The molecule has 1 saturated heterocycles. The Bertz CT molecular complexity index is 431. The van der Waals surface area contributed by atoms with Crippen LogP contribution in [0.25, 0.3) is 0 Å². The van der Waals surface area contributed by atoms with Crippen LogP contribution < -0.4 is 5.32 Å². The van der Waals surface area contributed by atoms with E-state index in [4.69, 9.17) is 0 Å². The molecule has 2 rings (SSSR count). The molecule has 132 valence electrons. The van der Waals surface area contributed by atoms with Gasteiger partial charge in [-0.1, -0.05) is 30.3 Å². The normalized spacial score (nSPS) is 15.3. The summed E-state index contributed by atoms with van der Waals surface area (Å²) >= 11 is 0. The molecule has 0 aliphatic carbocycles. The summed E-state index contributed by atoms with van der Waals surface area (Å²) in [6.07, 6.45) is 2.67. The molecule has 1 N–H and O–H groups in total. The largest absolute Gasteiger partial charge is 0.341 e. The Morgan fingerprint density at radius 2 is 1.83 bits per heavy atom. The summed E-state index contributed by atoms with van der Waals surface area (Å²) in [5.74, 6) is 0.312. The Kier molecular flexibility index (Phi) is 12.1. The van der Waals surface area contributed by atoms with E-state index in [-0.39, 0.29) is 24.8 Å². The first-order valence-electron chi connectivity index (χ1n) is 7.98. The fraction of sp³-hybridized carbons (Fsp3) is 0.588. The quantitative estimate of drug-likeness (QED) is 0.790. The standard InChI is InChI=1S/C17H27N3O.2ClH/c1-18-10-5-9-17(21)20-12-6-11-19(13-14-20)15-16-7-3-2-4-8-16;;/h2-4,7-8,18H,5-6,9-15H2,1H3;2*1H. The van der Waals surface area contributed by atoms with Gasteiger partial charge in [0.05, 0.1) is 0 Å². The first kappa shape index (κ1) is 22.2. The first-order chi connectivity index (χ1) is 10.3. The Morgan fingerprint density at radius 1 is 1.09 bits per heavy atom. The van der Waals surface area contributed by atoms with Crippen LogP contribution in [0.3, 0.4) is 0 Å². The van der Waals surface area contributed by atoms with Crippen LogP contribution in [0.1, 0.15) is 24.8 Å². The Morgan fingerprint density at radius 3 is 2.52 bits per heavy atom. The van der Waals surface area contributed by atoms with Gasteiger partial charge in [0, 0.05) is 39.1 Å². The van der Waals surface area contributed by atoms with Gasteiger partial charge in [-0.15, -0.1) is 24.8 Å². The van der Waals surface area contributed by atoms with E-state index in [1.807, 2.05) is 11.9 Å². The van der Waals surface area contributed by atoms with Crippen molar-refractivity contribution in [2.45, 2.75) is 25.8 Å². The predicted octanol–water partition coefficient (Wildman–Crippen LogP) is 2.56. The summed E-state index contributed by atoms with van der Waals surface area (Å²) in [5.41, 5.74) is 1.35. The number of nitrogens with zero attached hydrogens (tertiary/aromatic N) is 2. The molecule has 0 bridgehead atoms. The fourth-order valence-corrected chi connectivity index (χ4v) is 2.79. The van der Waals surface area contributed by atoms with Crippen molar-refractivity contribution >= 4 is 30.7 Å². The van der Waals surface area contributed by atoms with Crippen molar-refractivity contribution in [2.24, 2.45) is 0 Å². The van der Waals surface area contributed by atoms with E-state index < -0.39 is 0 Å². The third-order valence-corrected chi connectivity index (χ3v) is 4.01. The number of halogens is 2. The van der Waals surface area contributed by atoms with Gasteiger partial charge in [-0.3, -0.25) is 9.69 Å². The third-order valence-electron chi connectivity index (χ3n) is 4.01. The van der Waals surface area contributed by atoms with E-state index in [1.165, 1.54) is 5.56 Å². The van der Waals surface area contributed by atoms with Gasteiger partial charge in [-0.2, -0.15) is 0 Å². The van der Waals surface area contributed by atoms with E-state index in [0.717, 1.165) is 52.1 Å². The van der Waals surface area contributed by atoms with Crippen LogP contribution in [0.4, 0.5) is 0 Å². The van der Waals surface area contributed by atoms with Gasteiger partial charge in [0.15, 0.2) is 0 Å².